The van der Waals surface area contributed by atoms with Crippen LogP contribution >= 0.6 is 0 Å². The van der Waals surface area contributed by atoms with E-state index < -0.39 is 23.5 Å². The van der Waals surface area contributed by atoms with E-state index in [9.17, 15) is 14.4 Å². The van der Waals surface area contributed by atoms with Gasteiger partial charge in [-0.05, 0) is 38.8 Å². The minimum Gasteiger partial charge on any atom is -0.481 e. The Bertz CT molecular complexity index is 608. The van der Waals surface area contributed by atoms with Crippen LogP contribution < -0.4 is 10.6 Å². The second-order valence-corrected chi connectivity index (χ2v) is 6.47. The third-order valence-corrected chi connectivity index (χ3v) is 4.12. The lowest BCUT2D eigenvalue weighted by atomic mass is 9.95. The summed E-state index contributed by atoms with van der Waals surface area (Å²) in [5, 5.41) is 14.4. The third-order valence-electron chi connectivity index (χ3n) is 4.12. The topological polar surface area (TPSA) is 98.7 Å². The van der Waals surface area contributed by atoms with Crippen LogP contribution in [0, 0.1) is 5.92 Å². The first-order valence-corrected chi connectivity index (χ1v) is 7.96. The lowest BCUT2D eigenvalue weighted by molar-refractivity contribution is -0.147. The summed E-state index contributed by atoms with van der Waals surface area (Å²) in [5.41, 5.74) is -0.435. The molecule has 3 amide bonds. The molecule has 0 aromatic heterocycles. The summed E-state index contributed by atoms with van der Waals surface area (Å²) in [6, 6.07) is 8.50. The highest BCUT2D eigenvalue weighted by Gasteiger charge is 2.36. The SMILES string of the molecule is CC(C)(NC(=O)Nc1ccccc1)C(=O)N1CCC(C(=O)O)CC1. The molecule has 7 heteroatoms. The van der Waals surface area contributed by atoms with Crippen LogP contribution in [0.1, 0.15) is 26.7 Å². The Labute approximate surface area is 141 Å². The van der Waals surface area contributed by atoms with E-state index in [1.807, 2.05) is 6.07 Å². The molecule has 0 saturated carbocycles. The average Bonchev–Trinajstić information content (AvgIpc) is 2.54. The molecule has 1 fully saturated rings. The van der Waals surface area contributed by atoms with E-state index in [0.717, 1.165) is 0 Å². The van der Waals surface area contributed by atoms with Gasteiger partial charge in [0.15, 0.2) is 0 Å². The van der Waals surface area contributed by atoms with E-state index in [1.54, 1.807) is 43.0 Å². The predicted octanol–water partition coefficient (Wildman–Crippen LogP) is 1.91. The summed E-state index contributed by atoms with van der Waals surface area (Å²) < 4.78 is 0. The van der Waals surface area contributed by atoms with Gasteiger partial charge in [0.2, 0.25) is 5.91 Å². The van der Waals surface area contributed by atoms with Gasteiger partial charge < -0.3 is 20.6 Å². The lowest BCUT2D eigenvalue weighted by Crippen LogP contribution is -2.58. The van der Waals surface area contributed by atoms with Crippen molar-refractivity contribution in [2.45, 2.75) is 32.2 Å². The van der Waals surface area contributed by atoms with Crippen LogP contribution in [-0.2, 0) is 9.59 Å². The van der Waals surface area contributed by atoms with Crippen molar-refractivity contribution in [2.75, 3.05) is 18.4 Å². The van der Waals surface area contributed by atoms with Crippen LogP contribution in [0.2, 0.25) is 0 Å². The van der Waals surface area contributed by atoms with Gasteiger partial charge in [0, 0.05) is 18.8 Å². The normalized spacial score (nSPS) is 15.7. The summed E-state index contributed by atoms with van der Waals surface area (Å²) in [7, 11) is 0. The number of carbonyl (C=O) groups excluding carboxylic acids is 2. The number of rotatable bonds is 4. The standard InChI is InChI=1S/C17H23N3O4/c1-17(2,19-16(24)18-13-6-4-3-5-7-13)15(23)20-10-8-12(9-11-20)14(21)22/h3-7,12H,8-11H2,1-2H3,(H,21,22)(H2,18,19,24). The number of para-hydroxylation sites is 1. The number of carboxylic acid groups (broad SMARTS) is 1. The fourth-order valence-corrected chi connectivity index (χ4v) is 2.75. The minimum atomic E-state index is -1.07. The van der Waals surface area contributed by atoms with E-state index in [-0.39, 0.29) is 5.91 Å². The van der Waals surface area contributed by atoms with Gasteiger partial charge in [0.1, 0.15) is 5.54 Å². The molecule has 0 spiro atoms. The Morgan fingerprint density at radius 3 is 2.25 bits per heavy atom. The van der Waals surface area contributed by atoms with Crippen molar-refractivity contribution in [3.05, 3.63) is 30.3 Å². The number of hydrogen-bond donors (Lipinski definition) is 3. The van der Waals surface area contributed by atoms with Crippen molar-refractivity contribution >= 4 is 23.6 Å². The van der Waals surface area contributed by atoms with Crippen molar-refractivity contribution < 1.29 is 19.5 Å². The molecular formula is C17H23N3O4. The molecule has 1 aromatic carbocycles. The molecule has 3 N–H and O–H groups in total. The van der Waals surface area contributed by atoms with Crippen LogP contribution in [0.4, 0.5) is 10.5 Å². The van der Waals surface area contributed by atoms with Crippen LogP contribution in [0.25, 0.3) is 0 Å². The van der Waals surface area contributed by atoms with Crippen molar-refractivity contribution in [1.29, 1.82) is 0 Å². The molecule has 0 aliphatic carbocycles. The summed E-state index contributed by atoms with van der Waals surface area (Å²) >= 11 is 0. The quantitative estimate of drug-likeness (QED) is 0.784. The van der Waals surface area contributed by atoms with Gasteiger partial charge in [0.25, 0.3) is 0 Å². The molecule has 1 aromatic rings. The number of carbonyl (C=O) groups is 3. The monoisotopic (exact) mass is 333 g/mol. The molecule has 1 aliphatic rings. The number of amides is 3. The Morgan fingerprint density at radius 2 is 1.71 bits per heavy atom. The zero-order chi connectivity index (χ0) is 17.7. The fourth-order valence-electron chi connectivity index (χ4n) is 2.75. The number of nitrogens with one attached hydrogen (secondary N) is 2. The number of anilines is 1. The molecule has 0 unspecified atom stereocenters. The van der Waals surface area contributed by atoms with Gasteiger partial charge in [-0.1, -0.05) is 18.2 Å². The molecule has 1 saturated heterocycles. The number of nitrogens with zero attached hydrogens (tertiary/aromatic N) is 1. The zero-order valence-corrected chi connectivity index (χ0v) is 13.9. The van der Waals surface area contributed by atoms with Crippen molar-refractivity contribution in [1.82, 2.24) is 10.2 Å². The fraction of sp³-hybridized carbons (Fsp3) is 0.471. The van der Waals surface area contributed by atoms with E-state index in [0.29, 0.717) is 31.6 Å². The van der Waals surface area contributed by atoms with E-state index in [1.165, 1.54) is 0 Å². The molecular weight excluding hydrogens is 310 g/mol. The Hall–Kier alpha value is -2.57. The number of hydrogen-bond acceptors (Lipinski definition) is 3. The number of benzene rings is 1. The highest BCUT2D eigenvalue weighted by Crippen LogP contribution is 2.20. The molecule has 0 atom stereocenters. The van der Waals surface area contributed by atoms with Gasteiger partial charge in [-0.2, -0.15) is 0 Å². The first-order valence-electron chi connectivity index (χ1n) is 7.96. The van der Waals surface area contributed by atoms with Crippen LogP contribution in [-0.4, -0.2) is 46.5 Å². The Balaban J connectivity index is 1.90. The molecule has 130 valence electrons. The van der Waals surface area contributed by atoms with Gasteiger partial charge in [-0.3, -0.25) is 9.59 Å². The van der Waals surface area contributed by atoms with E-state index in [2.05, 4.69) is 10.6 Å². The maximum atomic E-state index is 12.6. The van der Waals surface area contributed by atoms with Crippen LogP contribution in [0.5, 0.6) is 0 Å². The minimum absolute atomic E-state index is 0.213. The number of likely N-dealkylation sites (tertiary alicyclic amines) is 1. The number of piperidine rings is 1. The van der Waals surface area contributed by atoms with Gasteiger partial charge in [-0.25, -0.2) is 4.79 Å². The maximum Gasteiger partial charge on any atom is 0.320 e. The van der Waals surface area contributed by atoms with Gasteiger partial charge in [-0.15, -0.1) is 0 Å². The molecule has 24 heavy (non-hydrogen) atoms. The third kappa shape index (κ3) is 4.47. The summed E-state index contributed by atoms with van der Waals surface area (Å²) in [5.74, 6) is -1.43. The highest BCUT2D eigenvalue weighted by atomic mass is 16.4. The molecule has 1 heterocycles. The molecule has 2 rings (SSSR count). The summed E-state index contributed by atoms with van der Waals surface area (Å²) in [6.07, 6.45) is 0.876. The highest BCUT2D eigenvalue weighted by molar-refractivity contribution is 5.95. The summed E-state index contributed by atoms with van der Waals surface area (Å²) in [4.78, 5) is 37.3. The molecule has 7 nitrogen and oxygen atoms in total. The van der Waals surface area contributed by atoms with Crippen LogP contribution in [0.3, 0.4) is 0 Å². The second-order valence-electron chi connectivity index (χ2n) is 6.47. The summed E-state index contributed by atoms with van der Waals surface area (Å²) in [6.45, 7) is 4.06. The lowest BCUT2D eigenvalue weighted by Gasteiger charge is -2.36. The Morgan fingerprint density at radius 1 is 1.12 bits per heavy atom. The zero-order valence-electron chi connectivity index (χ0n) is 13.9. The first-order chi connectivity index (χ1) is 11.3. The number of aliphatic carboxylic acids is 1. The smallest absolute Gasteiger partial charge is 0.320 e. The van der Waals surface area contributed by atoms with Crippen LogP contribution in [0.15, 0.2) is 30.3 Å². The molecule has 0 radical (unpaired) electrons. The molecule has 1 aliphatic heterocycles. The van der Waals surface area contributed by atoms with Crippen molar-refractivity contribution in [3.8, 4) is 0 Å². The van der Waals surface area contributed by atoms with Crippen molar-refractivity contribution in [2.24, 2.45) is 5.92 Å². The molecule has 0 bridgehead atoms. The van der Waals surface area contributed by atoms with E-state index in [4.69, 9.17) is 5.11 Å². The largest absolute Gasteiger partial charge is 0.481 e. The second kappa shape index (κ2) is 7.33. The van der Waals surface area contributed by atoms with E-state index >= 15 is 0 Å². The average molecular weight is 333 g/mol. The van der Waals surface area contributed by atoms with Crippen molar-refractivity contribution in [3.63, 3.8) is 0 Å². The maximum absolute atomic E-state index is 12.6. The first kappa shape index (κ1) is 17.8. The van der Waals surface area contributed by atoms with Gasteiger partial charge in [0.05, 0.1) is 5.92 Å². The number of carboxylic acids is 1. The number of urea groups is 1. The Kier molecular flexibility index (Phi) is 5.43. The predicted molar refractivity (Wildman–Crippen MR) is 89.6 cm³/mol. The van der Waals surface area contributed by atoms with Gasteiger partial charge >= 0.3 is 12.0 Å².